The Morgan fingerprint density at radius 2 is 2.47 bits per heavy atom. The van der Waals surface area contributed by atoms with Gasteiger partial charge in [-0.1, -0.05) is 6.08 Å². The van der Waals surface area contributed by atoms with Crippen LogP contribution in [0.4, 0.5) is 0 Å². The van der Waals surface area contributed by atoms with E-state index in [-0.39, 0.29) is 18.3 Å². The summed E-state index contributed by atoms with van der Waals surface area (Å²) < 4.78 is 5.99. The minimum absolute atomic E-state index is 0.140. The van der Waals surface area contributed by atoms with E-state index < -0.39 is 0 Å². The average Bonchev–Trinajstić information content (AvgIpc) is 2.89. The van der Waals surface area contributed by atoms with Gasteiger partial charge in [-0.25, -0.2) is 0 Å². The van der Waals surface area contributed by atoms with Gasteiger partial charge >= 0.3 is 0 Å². The van der Waals surface area contributed by atoms with E-state index in [4.69, 9.17) is 4.74 Å². The molecule has 0 amide bonds. The van der Waals surface area contributed by atoms with Gasteiger partial charge in [0.25, 0.3) is 0 Å². The van der Waals surface area contributed by atoms with Gasteiger partial charge in [0.2, 0.25) is 0 Å². The van der Waals surface area contributed by atoms with Crippen LogP contribution in [0.15, 0.2) is 29.5 Å². The minimum Gasteiger partial charge on any atom is -0.392 e. The Morgan fingerprint density at radius 3 is 3.16 bits per heavy atom. The van der Waals surface area contributed by atoms with Crippen molar-refractivity contribution in [1.82, 2.24) is 4.90 Å². The van der Waals surface area contributed by atoms with Gasteiger partial charge in [0, 0.05) is 19.6 Å². The van der Waals surface area contributed by atoms with E-state index in [0.29, 0.717) is 0 Å². The minimum atomic E-state index is -0.272. The number of aliphatic hydroxyl groups excluding tert-OH is 1. The maximum atomic E-state index is 10.0. The Hall–Kier alpha value is -0.680. The van der Waals surface area contributed by atoms with Crippen LogP contribution in [0.25, 0.3) is 0 Å². The van der Waals surface area contributed by atoms with Crippen LogP contribution in [0.2, 0.25) is 0 Å². The number of nitrogens with zero attached hydrogens (tertiary/aromatic N) is 1. The largest absolute Gasteiger partial charge is 0.392 e. The lowest BCUT2D eigenvalue weighted by Gasteiger charge is -2.37. The monoisotopic (exact) mass is 281 g/mol. The fourth-order valence-corrected chi connectivity index (χ4v) is 3.23. The quantitative estimate of drug-likeness (QED) is 0.814. The first-order valence-electron chi connectivity index (χ1n) is 6.88. The molecule has 1 aliphatic rings. The molecule has 106 valence electrons. The maximum Gasteiger partial charge on any atom is 0.0964 e. The van der Waals surface area contributed by atoms with Gasteiger partial charge < -0.3 is 9.84 Å². The van der Waals surface area contributed by atoms with Crippen molar-refractivity contribution in [1.29, 1.82) is 0 Å². The van der Waals surface area contributed by atoms with E-state index in [0.717, 1.165) is 32.5 Å². The highest BCUT2D eigenvalue weighted by Gasteiger charge is 2.27. The second-order valence-electron chi connectivity index (χ2n) is 5.23. The zero-order valence-electron chi connectivity index (χ0n) is 11.5. The van der Waals surface area contributed by atoms with E-state index in [1.54, 1.807) is 11.3 Å². The van der Waals surface area contributed by atoms with Gasteiger partial charge in [0.15, 0.2) is 0 Å². The van der Waals surface area contributed by atoms with E-state index in [9.17, 15) is 5.11 Å². The molecule has 0 radical (unpaired) electrons. The highest BCUT2D eigenvalue weighted by atomic mass is 32.1. The fraction of sp³-hybridized carbons (Fsp3) is 0.600. The zero-order chi connectivity index (χ0) is 13.7. The molecule has 3 nitrogen and oxygen atoms in total. The second kappa shape index (κ2) is 7.20. The normalized spacial score (nSPS) is 26.2. The fourth-order valence-electron chi connectivity index (χ4n) is 2.53. The first-order chi connectivity index (χ1) is 9.19. The molecule has 1 aromatic rings. The summed E-state index contributed by atoms with van der Waals surface area (Å²) in [6.07, 6.45) is 3.60. The molecule has 0 saturated carbocycles. The van der Waals surface area contributed by atoms with Crippen molar-refractivity contribution < 1.29 is 9.84 Å². The van der Waals surface area contributed by atoms with E-state index >= 15 is 0 Å². The van der Waals surface area contributed by atoms with Crippen LogP contribution in [0.5, 0.6) is 0 Å². The Balaban J connectivity index is 1.89. The van der Waals surface area contributed by atoms with Gasteiger partial charge in [-0.15, -0.1) is 6.58 Å². The SMILES string of the molecule is C=CCC[C@H](O)CN1C[C@H](C)O[C@@H](c2ccsc2)C1. The molecule has 1 aromatic heterocycles. The predicted molar refractivity (Wildman–Crippen MR) is 79.5 cm³/mol. The summed E-state index contributed by atoms with van der Waals surface area (Å²) in [6.45, 7) is 8.28. The lowest BCUT2D eigenvalue weighted by atomic mass is 10.1. The van der Waals surface area contributed by atoms with Crippen molar-refractivity contribution >= 4 is 11.3 Å². The lowest BCUT2D eigenvalue weighted by molar-refractivity contribution is -0.0868. The Kier molecular flexibility index (Phi) is 5.58. The lowest BCUT2D eigenvalue weighted by Crippen LogP contribution is -2.45. The number of aliphatic hydroxyl groups is 1. The molecule has 0 spiro atoms. The summed E-state index contributed by atoms with van der Waals surface area (Å²) in [4.78, 5) is 2.31. The summed E-state index contributed by atoms with van der Waals surface area (Å²) >= 11 is 1.70. The van der Waals surface area contributed by atoms with Crippen LogP contribution >= 0.6 is 11.3 Å². The first-order valence-corrected chi connectivity index (χ1v) is 7.82. The van der Waals surface area contributed by atoms with Gasteiger partial charge in [-0.05, 0) is 42.2 Å². The molecule has 0 unspecified atom stereocenters. The number of rotatable bonds is 6. The molecule has 1 fully saturated rings. The number of ether oxygens (including phenoxy) is 1. The number of β-amino-alcohol motifs (C(OH)–C–C–N with tert-alkyl or cyclic N) is 1. The Labute approximate surface area is 119 Å². The smallest absolute Gasteiger partial charge is 0.0964 e. The molecular weight excluding hydrogens is 258 g/mol. The summed E-state index contributed by atoms with van der Waals surface area (Å²) in [7, 11) is 0. The highest BCUT2D eigenvalue weighted by molar-refractivity contribution is 7.07. The van der Waals surface area contributed by atoms with Gasteiger partial charge in [0.1, 0.15) is 0 Å². The molecular formula is C15H23NO2S. The average molecular weight is 281 g/mol. The van der Waals surface area contributed by atoms with Crippen molar-refractivity contribution in [2.75, 3.05) is 19.6 Å². The number of thiophene rings is 1. The van der Waals surface area contributed by atoms with E-state index in [1.165, 1.54) is 5.56 Å². The van der Waals surface area contributed by atoms with E-state index in [1.807, 2.05) is 6.08 Å². The van der Waals surface area contributed by atoms with Gasteiger partial charge in [-0.2, -0.15) is 11.3 Å². The molecule has 19 heavy (non-hydrogen) atoms. The van der Waals surface area contributed by atoms with Crippen LogP contribution < -0.4 is 0 Å². The summed E-state index contributed by atoms with van der Waals surface area (Å²) in [5.74, 6) is 0. The zero-order valence-corrected chi connectivity index (χ0v) is 12.3. The maximum absolute atomic E-state index is 10.0. The number of morpholine rings is 1. The molecule has 0 aliphatic carbocycles. The van der Waals surface area contributed by atoms with Crippen molar-refractivity contribution in [3.05, 3.63) is 35.0 Å². The number of allylic oxidation sites excluding steroid dienone is 1. The van der Waals surface area contributed by atoms with Gasteiger partial charge in [0.05, 0.1) is 18.3 Å². The van der Waals surface area contributed by atoms with Crippen molar-refractivity contribution in [3.8, 4) is 0 Å². The third-order valence-corrected chi connectivity index (χ3v) is 4.13. The van der Waals surface area contributed by atoms with Gasteiger partial charge in [-0.3, -0.25) is 4.90 Å². The Bertz CT molecular complexity index is 380. The molecule has 2 rings (SSSR count). The topological polar surface area (TPSA) is 32.7 Å². The molecule has 2 heterocycles. The molecule has 0 aromatic carbocycles. The molecule has 3 atom stereocenters. The van der Waals surface area contributed by atoms with Crippen molar-refractivity contribution in [2.45, 2.75) is 38.1 Å². The molecule has 0 bridgehead atoms. The molecule has 1 N–H and O–H groups in total. The summed E-state index contributed by atoms with van der Waals surface area (Å²) in [5.41, 5.74) is 1.25. The third kappa shape index (κ3) is 4.42. The molecule has 1 aliphatic heterocycles. The Morgan fingerprint density at radius 1 is 1.63 bits per heavy atom. The summed E-state index contributed by atoms with van der Waals surface area (Å²) in [6, 6.07) is 2.12. The molecule has 1 saturated heterocycles. The van der Waals surface area contributed by atoms with E-state index in [2.05, 4.69) is 35.2 Å². The van der Waals surface area contributed by atoms with Crippen LogP contribution in [-0.4, -0.2) is 41.8 Å². The standard InChI is InChI=1S/C15H23NO2S/c1-3-4-5-14(17)9-16-8-12(2)18-15(10-16)13-6-7-19-11-13/h3,6-7,11-12,14-15,17H,1,4-5,8-10H2,2H3/t12-,14-,15+/m0/s1. The van der Waals surface area contributed by atoms with Crippen LogP contribution in [0, 0.1) is 0 Å². The highest BCUT2D eigenvalue weighted by Crippen LogP contribution is 2.26. The van der Waals surface area contributed by atoms with Crippen LogP contribution in [0.3, 0.4) is 0 Å². The van der Waals surface area contributed by atoms with Crippen molar-refractivity contribution in [2.24, 2.45) is 0 Å². The summed E-state index contributed by atoms with van der Waals surface area (Å²) in [5, 5.41) is 14.2. The first kappa shape index (κ1) is 14.7. The van der Waals surface area contributed by atoms with Crippen LogP contribution in [-0.2, 0) is 4.74 Å². The second-order valence-corrected chi connectivity index (χ2v) is 6.01. The molecule has 4 heteroatoms. The van der Waals surface area contributed by atoms with Crippen molar-refractivity contribution in [3.63, 3.8) is 0 Å². The van der Waals surface area contributed by atoms with Crippen LogP contribution in [0.1, 0.15) is 31.4 Å². The third-order valence-electron chi connectivity index (χ3n) is 3.42. The number of hydrogen-bond donors (Lipinski definition) is 1. The number of hydrogen-bond acceptors (Lipinski definition) is 4. The predicted octanol–water partition coefficient (Wildman–Crippen LogP) is 2.84.